The normalized spacial score (nSPS) is 32.8. The van der Waals surface area contributed by atoms with Gasteiger partial charge >= 0.3 is 23.9 Å². The topological polar surface area (TPSA) is 142 Å². The van der Waals surface area contributed by atoms with Gasteiger partial charge in [-0.25, -0.2) is 0 Å². The summed E-state index contributed by atoms with van der Waals surface area (Å²) >= 11 is 1.43. The number of hydrogen-bond donors (Lipinski definition) is 0. The van der Waals surface area contributed by atoms with Gasteiger partial charge in [-0.05, 0) is 25.2 Å². The maximum absolute atomic E-state index is 12.3. The van der Waals surface area contributed by atoms with Gasteiger partial charge in [0, 0.05) is 27.7 Å². The maximum atomic E-state index is 12.3. The zero-order chi connectivity index (χ0) is 31.0. The van der Waals surface area contributed by atoms with Crippen LogP contribution in [0.2, 0.25) is 0 Å². The minimum atomic E-state index is -1.34. The van der Waals surface area contributed by atoms with Crippen LogP contribution in [0.15, 0.2) is 30.3 Å². The lowest BCUT2D eigenvalue weighted by atomic mass is 9.97. The smallest absolute Gasteiger partial charge is 0.303 e. The molecule has 0 bridgehead atoms. The molecule has 0 saturated carbocycles. The zero-order valence-electron chi connectivity index (χ0n) is 24.9. The molecule has 0 amide bonds. The summed E-state index contributed by atoms with van der Waals surface area (Å²) in [5, 5.41) is 0. The molecule has 0 aliphatic carbocycles. The van der Waals surface area contributed by atoms with Crippen LogP contribution in [0.25, 0.3) is 0 Å². The number of carbonyl (C=O) groups excluding carboxylic acids is 4. The summed E-state index contributed by atoms with van der Waals surface area (Å²) in [6.45, 7) is 10.4. The first kappa shape index (κ1) is 33.8. The average Bonchev–Trinajstić information content (AvgIpc) is 2.90. The maximum Gasteiger partial charge on any atom is 0.303 e. The van der Waals surface area contributed by atoms with Gasteiger partial charge in [0.15, 0.2) is 30.7 Å². The number of thioether (sulfide) groups is 1. The van der Waals surface area contributed by atoms with Crippen LogP contribution in [0.1, 0.15) is 54.0 Å². The van der Waals surface area contributed by atoms with Gasteiger partial charge < -0.3 is 37.9 Å². The summed E-state index contributed by atoms with van der Waals surface area (Å²) in [6.07, 6.45) is -9.05. The summed E-state index contributed by atoms with van der Waals surface area (Å²) in [6, 6.07) is 9.48. The molecule has 3 rings (SSSR count). The Hall–Kier alpha value is -2.71. The number of carbonyl (C=O) groups is 4. The summed E-state index contributed by atoms with van der Waals surface area (Å²) < 4.78 is 47.4. The molecule has 10 atom stereocenters. The van der Waals surface area contributed by atoms with E-state index in [0.29, 0.717) is 5.75 Å². The average molecular weight is 613 g/mol. The first-order valence-corrected chi connectivity index (χ1v) is 14.9. The number of benzene rings is 1. The van der Waals surface area contributed by atoms with E-state index >= 15 is 0 Å². The predicted molar refractivity (Wildman–Crippen MR) is 149 cm³/mol. The number of hydrogen-bond acceptors (Lipinski definition) is 13. The van der Waals surface area contributed by atoms with Crippen molar-refractivity contribution in [1.29, 1.82) is 0 Å². The van der Waals surface area contributed by atoms with Crippen molar-refractivity contribution >= 4 is 35.6 Å². The van der Waals surface area contributed by atoms with Crippen LogP contribution in [0.5, 0.6) is 0 Å². The number of esters is 4. The van der Waals surface area contributed by atoms with Gasteiger partial charge in [-0.15, -0.1) is 11.8 Å². The lowest BCUT2D eigenvalue weighted by Crippen LogP contribution is -2.65. The molecule has 0 radical (unpaired) electrons. The van der Waals surface area contributed by atoms with Crippen molar-refractivity contribution in [2.45, 2.75) is 116 Å². The van der Waals surface area contributed by atoms with Gasteiger partial charge in [-0.1, -0.05) is 37.3 Å². The van der Waals surface area contributed by atoms with E-state index in [9.17, 15) is 19.2 Å². The van der Waals surface area contributed by atoms with E-state index < -0.39 is 84.4 Å². The molecule has 0 N–H and O–H groups in total. The van der Waals surface area contributed by atoms with Crippen molar-refractivity contribution in [2.75, 3.05) is 5.75 Å². The summed E-state index contributed by atoms with van der Waals surface area (Å²) in [7, 11) is 0. The molecule has 2 heterocycles. The molecular formula is C29H40O12S. The summed E-state index contributed by atoms with van der Waals surface area (Å²) in [4.78, 5) is 48.5. The molecule has 1 aromatic carbocycles. The van der Waals surface area contributed by atoms with E-state index in [4.69, 9.17) is 37.9 Å². The molecule has 2 fully saturated rings. The highest BCUT2D eigenvalue weighted by atomic mass is 32.2. The van der Waals surface area contributed by atoms with Crippen LogP contribution in [-0.2, 0) is 63.7 Å². The molecule has 0 spiro atoms. The van der Waals surface area contributed by atoms with Crippen molar-refractivity contribution < 1.29 is 57.1 Å². The quantitative estimate of drug-likeness (QED) is 0.267. The van der Waals surface area contributed by atoms with Crippen LogP contribution in [0.4, 0.5) is 0 Å². The molecule has 12 nitrogen and oxygen atoms in total. The van der Waals surface area contributed by atoms with Gasteiger partial charge in [0.05, 0.1) is 18.8 Å². The summed E-state index contributed by atoms with van der Waals surface area (Å²) in [5.74, 6) is -1.95. The Bertz CT molecular complexity index is 1070. The molecule has 1 aromatic rings. The highest BCUT2D eigenvalue weighted by molar-refractivity contribution is 7.99. The molecule has 42 heavy (non-hydrogen) atoms. The van der Waals surface area contributed by atoms with E-state index in [2.05, 4.69) is 0 Å². The minimum Gasteiger partial charge on any atom is -0.456 e. The third-order valence-electron chi connectivity index (χ3n) is 6.57. The standard InChI is InChI=1S/C29H40O12S/c1-8-42-29-27(40-20(7)33)24(22(15(2)36-29)34-14-21-12-10-9-11-13-21)41-28-26(39-19(6)32)25(38-18(5)31)23(16(3)35-28)37-17(4)30/h9-13,15-16,22-29H,8,14H2,1-7H3/t15-,16-,22-,23-,24+,25+,26+,27+,28-,29-/m0/s1. The van der Waals surface area contributed by atoms with E-state index in [0.717, 1.165) is 5.56 Å². The predicted octanol–water partition coefficient (Wildman–Crippen LogP) is 2.93. The fourth-order valence-corrected chi connectivity index (χ4v) is 5.96. The minimum absolute atomic E-state index is 0.206. The lowest BCUT2D eigenvalue weighted by molar-refractivity contribution is -0.337. The van der Waals surface area contributed by atoms with E-state index in [1.54, 1.807) is 6.92 Å². The van der Waals surface area contributed by atoms with E-state index in [-0.39, 0.29) is 6.61 Å². The monoisotopic (exact) mass is 612 g/mol. The Labute approximate surface area is 249 Å². The Morgan fingerprint density at radius 2 is 1.21 bits per heavy atom. The third kappa shape index (κ3) is 9.14. The van der Waals surface area contributed by atoms with Crippen LogP contribution >= 0.6 is 11.8 Å². The van der Waals surface area contributed by atoms with Crippen molar-refractivity contribution in [2.24, 2.45) is 0 Å². The highest BCUT2D eigenvalue weighted by Gasteiger charge is 2.55. The van der Waals surface area contributed by atoms with Gasteiger partial charge in [0.2, 0.25) is 0 Å². The van der Waals surface area contributed by atoms with Crippen LogP contribution < -0.4 is 0 Å². The van der Waals surface area contributed by atoms with E-state index in [1.807, 2.05) is 44.2 Å². The fraction of sp³-hybridized carbons (Fsp3) is 0.655. The van der Waals surface area contributed by atoms with Gasteiger partial charge in [0.25, 0.3) is 0 Å². The third-order valence-corrected chi connectivity index (χ3v) is 7.61. The summed E-state index contributed by atoms with van der Waals surface area (Å²) in [5.41, 5.74) is 0.291. The van der Waals surface area contributed by atoms with Gasteiger partial charge in [-0.2, -0.15) is 0 Å². The van der Waals surface area contributed by atoms with Crippen molar-refractivity contribution in [3.8, 4) is 0 Å². The molecule has 13 heteroatoms. The molecule has 234 valence electrons. The second-order valence-corrected chi connectivity index (χ2v) is 11.4. The molecular weight excluding hydrogens is 572 g/mol. The van der Waals surface area contributed by atoms with E-state index in [1.165, 1.54) is 39.5 Å². The number of ether oxygens (including phenoxy) is 8. The highest BCUT2D eigenvalue weighted by Crippen LogP contribution is 2.37. The Morgan fingerprint density at radius 3 is 1.79 bits per heavy atom. The molecule has 2 aliphatic heterocycles. The van der Waals surface area contributed by atoms with Crippen LogP contribution in [0.3, 0.4) is 0 Å². The number of rotatable bonds is 11. The SMILES string of the molecule is CCS[C@@H]1O[C@@H](C)[C@H](OCc2ccccc2)[C@@H](O[C@@H]2O[C@@H](C)[C@H](OC(C)=O)[C@@H](OC(C)=O)[C@H]2OC(C)=O)[C@H]1OC(C)=O. The van der Waals surface area contributed by atoms with Crippen molar-refractivity contribution in [3.05, 3.63) is 35.9 Å². The van der Waals surface area contributed by atoms with Crippen molar-refractivity contribution in [1.82, 2.24) is 0 Å². The first-order chi connectivity index (χ1) is 19.9. The zero-order valence-corrected chi connectivity index (χ0v) is 25.7. The van der Waals surface area contributed by atoms with Gasteiger partial charge in [0.1, 0.15) is 17.6 Å². The van der Waals surface area contributed by atoms with Crippen LogP contribution in [-0.4, -0.2) is 90.2 Å². The Kier molecular flexibility index (Phi) is 12.6. The molecule has 0 unspecified atom stereocenters. The Balaban J connectivity index is 2.02. The Morgan fingerprint density at radius 1 is 0.690 bits per heavy atom. The second kappa shape index (κ2) is 15.7. The molecule has 0 aromatic heterocycles. The second-order valence-electron chi connectivity index (χ2n) is 10.0. The largest absolute Gasteiger partial charge is 0.456 e. The van der Waals surface area contributed by atoms with Crippen molar-refractivity contribution in [3.63, 3.8) is 0 Å². The molecule has 2 saturated heterocycles. The lowest BCUT2D eigenvalue weighted by Gasteiger charge is -2.48. The van der Waals surface area contributed by atoms with Crippen LogP contribution in [0, 0.1) is 0 Å². The first-order valence-electron chi connectivity index (χ1n) is 13.8. The van der Waals surface area contributed by atoms with Gasteiger partial charge in [-0.3, -0.25) is 19.2 Å². The fourth-order valence-electron chi connectivity index (χ4n) is 4.97. The molecule has 2 aliphatic rings.